The van der Waals surface area contributed by atoms with Crippen LogP contribution in [-0.4, -0.2) is 72.8 Å². The van der Waals surface area contributed by atoms with Crippen molar-refractivity contribution < 1.29 is 44.6 Å². The number of aliphatic hydroxyl groups is 3. The molecular weight excluding hydrogens is 432 g/mol. The largest absolute Gasteiger partial charge is 0.479 e. The summed E-state index contributed by atoms with van der Waals surface area (Å²) in [5, 5.41) is 51.8. The maximum absolute atomic E-state index is 11.8. The number of aliphatic carboxylic acids is 2. The summed E-state index contributed by atoms with van der Waals surface area (Å²) in [6.07, 6.45) is -4.88. The minimum absolute atomic E-state index is 0.0614. The quantitative estimate of drug-likeness (QED) is 0.341. The lowest BCUT2D eigenvalue weighted by molar-refractivity contribution is -0.339. The summed E-state index contributed by atoms with van der Waals surface area (Å²) in [5.74, 6) is -5.36. The Labute approximate surface area is 192 Å². The van der Waals surface area contributed by atoms with Crippen LogP contribution in [-0.2, 0) is 25.5 Å². The van der Waals surface area contributed by atoms with Crippen molar-refractivity contribution in [1.29, 1.82) is 0 Å². The van der Waals surface area contributed by atoms with Gasteiger partial charge in [-0.2, -0.15) is 0 Å². The van der Waals surface area contributed by atoms with Gasteiger partial charge in [0.25, 0.3) is 0 Å². The molecule has 3 rings (SSSR count). The molecule has 5 N–H and O–H groups in total. The van der Waals surface area contributed by atoms with E-state index in [0.29, 0.717) is 0 Å². The van der Waals surface area contributed by atoms with E-state index in [-0.39, 0.29) is 24.7 Å². The Balaban J connectivity index is 1.79. The molecule has 0 amide bonds. The number of carbonyl (C=O) groups is 2. The Morgan fingerprint density at radius 1 is 1.12 bits per heavy atom. The fraction of sp³-hybridized carbons (Fsp3) is 0.583. The van der Waals surface area contributed by atoms with Gasteiger partial charge in [-0.05, 0) is 37.2 Å². The molecule has 0 spiro atoms. The molecule has 2 saturated heterocycles. The summed E-state index contributed by atoms with van der Waals surface area (Å²) in [6.45, 7) is 9.43. The molecule has 0 radical (unpaired) electrons. The first-order valence-electron chi connectivity index (χ1n) is 11.0. The van der Waals surface area contributed by atoms with E-state index in [1.807, 2.05) is 37.3 Å². The Kier molecular flexibility index (Phi) is 6.76. The van der Waals surface area contributed by atoms with E-state index in [1.54, 1.807) is 0 Å². The topological polar surface area (TPSA) is 154 Å². The van der Waals surface area contributed by atoms with E-state index in [2.05, 4.69) is 13.5 Å². The molecule has 1 aromatic carbocycles. The van der Waals surface area contributed by atoms with Crippen molar-refractivity contribution in [2.75, 3.05) is 0 Å². The van der Waals surface area contributed by atoms with Gasteiger partial charge in [0.05, 0.1) is 0 Å². The number of benzene rings is 1. The van der Waals surface area contributed by atoms with E-state index >= 15 is 0 Å². The second-order valence-electron chi connectivity index (χ2n) is 9.32. The van der Waals surface area contributed by atoms with E-state index in [1.165, 1.54) is 12.5 Å². The Bertz CT molecular complexity index is 918. The van der Waals surface area contributed by atoms with Crippen LogP contribution in [0.15, 0.2) is 42.5 Å². The summed E-state index contributed by atoms with van der Waals surface area (Å²) in [5.41, 5.74) is -4.12. The summed E-state index contributed by atoms with van der Waals surface area (Å²) in [4.78, 5) is 23.6. The molecule has 0 aliphatic carbocycles. The van der Waals surface area contributed by atoms with Gasteiger partial charge in [0.1, 0.15) is 12.2 Å². The minimum atomic E-state index is -3.09. The number of carboxylic acid groups (broad SMARTS) is 2. The second-order valence-corrected chi connectivity index (χ2v) is 9.32. The highest BCUT2D eigenvalue weighted by molar-refractivity contribution is 5.85. The van der Waals surface area contributed by atoms with Crippen LogP contribution in [0, 0.1) is 11.8 Å². The predicted octanol–water partition coefficient (Wildman–Crippen LogP) is 1.34. The van der Waals surface area contributed by atoms with Gasteiger partial charge in [-0.3, -0.25) is 0 Å². The van der Waals surface area contributed by atoms with Crippen molar-refractivity contribution in [3.05, 3.63) is 48.0 Å². The third-order valence-corrected chi connectivity index (χ3v) is 7.37. The van der Waals surface area contributed by atoms with E-state index in [9.17, 15) is 35.1 Å². The average Bonchev–Trinajstić information content (AvgIpc) is 2.95. The Hall–Kier alpha value is -2.30. The minimum Gasteiger partial charge on any atom is -0.479 e. The first-order chi connectivity index (χ1) is 15.3. The summed E-state index contributed by atoms with van der Waals surface area (Å²) in [6, 6.07) is 9.98. The number of ether oxygens (including phenoxy) is 2. The Morgan fingerprint density at radius 3 is 2.27 bits per heavy atom. The van der Waals surface area contributed by atoms with Crippen LogP contribution in [0.2, 0.25) is 0 Å². The zero-order valence-corrected chi connectivity index (χ0v) is 19.0. The van der Waals surface area contributed by atoms with Crippen molar-refractivity contribution in [2.24, 2.45) is 11.8 Å². The monoisotopic (exact) mass is 464 g/mol. The maximum atomic E-state index is 11.8. The van der Waals surface area contributed by atoms with Crippen LogP contribution < -0.4 is 0 Å². The number of rotatable bonds is 9. The molecule has 2 aliphatic rings. The van der Waals surface area contributed by atoms with Crippen molar-refractivity contribution in [2.45, 2.75) is 75.3 Å². The van der Waals surface area contributed by atoms with Gasteiger partial charge in [0.2, 0.25) is 5.60 Å². The first-order valence-corrected chi connectivity index (χ1v) is 11.0. The number of aliphatic hydroxyl groups excluding tert-OH is 1. The zero-order valence-electron chi connectivity index (χ0n) is 19.0. The van der Waals surface area contributed by atoms with Gasteiger partial charge in [-0.1, -0.05) is 56.3 Å². The molecule has 33 heavy (non-hydrogen) atoms. The molecule has 2 fully saturated rings. The smallest absolute Gasteiger partial charge is 0.341 e. The van der Waals surface area contributed by atoms with Crippen molar-refractivity contribution in [3.63, 3.8) is 0 Å². The third kappa shape index (κ3) is 3.87. The average molecular weight is 465 g/mol. The van der Waals surface area contributed by atoms with Crippen LogP contribution >= 0.6 is 0 Å². The lowest BCUT2D eigenvalue weighted by atomic mass is 9.68. The van der Waals surface area contributed by atoms with Gasteiger partial charge in [-0.25, -0.2) is 9.59 Å². The first kappa shape index (κ1) is 25.3. The van der Waals surface area contributed by atoms with Gasteiger partial charge < -0.3 is 35.0 Å². The lowest BCUT2D eigenvalue weighted by Gasteiger charge is -2.50. The van der Waals surface area contributed by atoms with Crippen LogP contribution in [0.4, 0.5) is 0 Å². The van der Waals surface area contributed by atoms with Crippen LogP contribution in [0.1, 0.15) is 39.2 Å². The molecular formula is C24H32O9. The molecule has 0 unspecified atom stereocenters. The molecule has 8 atom stereocenters. The lowest BCUT2D eigenvalue weighted by Crippen LogP contribution is -2.78. The third-order valence-electron chi connectivity index (χ3n) is 7.37. The molecule has 2 aliphatic heterocycles. The molecule has 0 saturated carbocycles. The fourth-order valence-electron chi connectivity index (χ4n) is 5.01. The molecule has 1 aromatic rings. The maximum Gasteiger partial charge on any atom is 0.341 e. The summed E-state index contributed by atoms with van der Waals surface area (Å²) >= 11 is 0. The summed E-state index contributed by atoms with van der Waals surface area (Å²) < 4.78 is 11.1. The normalized spacial score (nSPS) is 37.3. The van der Waals surface area contributed by atoms with Crippen LogP contribution in [0.25, 0.3) is 0 Å². The number of fused-ring (bicyclic) bond motifs is 2. The fourth-order valence-corrected chi connectivity index (χ4v) is 5.01. The number of hydrogen-bond donors (Lipinski definition) is 5. The van der Waals surface area contributed by atoms with E-state index in [4.69, 9.17) is 9.47 Å². The number of carboxylic acids is 2. The number of allylic oxidation sites excluding steroid dienone is 1. The highest BCUT2D eigenvalue weighted by Crippen LogP contribution is 2.54. The molecule has 2 heterocycles. The highest BCUT2D eigenvalue weighted by atomic mass is 16.8. The van der Waals surface area contributed by atoms with Gasteiger partial charge in [0, 0.05) is 6.42 Å². The van der Waals surface area contributed by atoms with Crippen LogP contribution in [0.3, 0.4) is 0 Å². The second kappa shape index (κ2) is 8.81. The number of hydrogen-bond acceptors (Lipinski definition) is 7. The molecule has 182 valence electrons. The zero-order chi connectivity index (χ0) is 24.8. The predicted molar refractivity (Wildman–Crippen MR) is 116 cm³/mol. The molecule has 9 nitrogen and oxygen atoms in total. The van der Waals surface area contributed by atoms with Crippen molar-refractivity contribution in [1.82, 2.24) is 0 Å². The standard InChI is InChI=1S/C24H32O9/c1-13(15(3)14(2)12-17-8-6-5-7-9-17)10-11-22-20(27)24(31,18(33-22)19(25)26)23(30,21(28)29)16(4)32-22/h5-9,14-16,18,20,27,30-31H,1,10-12H2,2-4H3,(H,25,26)(H,28,29)/t14-,15-,16-,18-,20+,22+,23-,24+/m1/s1. The Morgan fingerprint density at radius 2 is 1.73 bits per heavy atom. The SMILES string of the molecule is C=C(CC[C@]12O[C@H](C(=O)O)[C@](O)([C@H]1O)[C@](O)(C(=O)O)[C@@H](C)O2)[C@@H](C)[C@H](C)Cc1ccccc1. The summed E-state index contributed by atoms with van der Waals surface area (Å²) in [7, 11) is 0. The molecule has 2 bridgehead atoms. The molecule has 9 heteroatoms. The highest BCUT2D eigenvalue weighted by Gasteiger charge is 2.81. The van der Waals surface area contributed by atoms with Gasteiger partial charge >= 0.3 is 11.9 Å². The van der Waals surface area contributed by atoms with E-state index < -0.39 is 47.2 Å². The van der Waals surface area contributed by atoms with Crippen molar-refractivity contribution >= 4 is 11.9 Å². The van der Waals surface area contributed by atoms with E-state index in [0.717, 1.165) is 12.0 Å². The van der Waals surface area contributed by atoms with Crippen LogP contribution in [0.5, 0.6) is 0 Å². The van der Waals surface area contributed by atoms with Crippen molar-refractivity contribution in [3.8, 4) is 0 Å². The van der Waals surface area contributed by atoms with Gasteiger partial charge in [0.15, 0.2) is 17.5 Å². The van der Waals surface area contributed by atoms with Gasteiger partial charge in [-0.15, -0.1) is 0 Å². The molecule has 0 aromatic heterocycles.